The van der Waals surface area contributed by atoms with Crippen molar-refractivity contribution in [2.75, 3.05) is 0 Å². The van der Waals surface area contributed by atoms with Gasteiger partial charge in [0.1, 0.15) is 5.60 Å². The van der Waals surface area contributed by atoms with Crippen molar-refractivity contribution >= 4 is 5.78 Å². The summed E-state index contributed by atoms with van der Waals surface area (Å²) in [4.78, 5) is 13.4. The lowest BCUT2D eigenvalue weighted by molar-refractivity contribution is -0.229. The van der Waals surface area contributed by atoms with Crippen LogP contribution in [0.3, 0.4) is 0 Å². The minimum absolute atomic E-state index is 0.00684. The molecule has 0 amide bonds. The summed E-state index contributed by atoms with van der Waals surface area (Å²) >= 11 is 0. The largest absolute Gasteiger partial charge is 0.393 e. The lowest BCUT2D eigenvalue weighted by Crippen LogP contribution is -2.70. The van der Waals surface area contributed by atoms with E-state index >= 15 is 0 Å². The van der Waals surface area contributed by atoms with Gasteiger partial charge in [0, 0.05) is 11.8 Å². The highest BCUT2D eigenvalue weighted by Crippen LogP contribution is 2.68. The minimum Gasteiger partial charge on any atom is -0.393 e. The summed E-state index contributed by atoms with van der Waals surface area (Å²) < 4.78 is 0. The van der Waals surface area contributed by atoms with Crippen LogP contribution in [0.25, 0.3) is 0 Å². The second kappa shape index (κ2) is 5.53. The average Bonchev–Trinajstić information content (AvgIpc) is 2.87. The molecule has 4 rings (SSSR count). The van der Waals surface area contributed by atoms with Gasteiger partial charge in [0.25, 0.3) is 0 Å². The summed E-state index contributed by atoms with van der Waals surface area (Å²) in [5, 5.41) is 32.3. The first-order chi connectivity index (χ1) is 11.6. The molecule has 25 heavy (non-hydrogen) atoms. The van der Waals surface area contributed by atoms with Crippen LogP contribution in [0.4, 0.5) is 0 Å². The maximum atomic E-state index is 13.4. The van der Waals surface area contributed by atoms with Gasteiger partial charge < -0.3 is 15.3 Å². The van der Waals surface area contributed by atoms with Crippen LogP contribution in [-0.2, 0) is 4.79 Å². The van der Waals surface area contributed by atoms with Crippen molar-refractivity contribution in [3.8, 4) is 0 Å². The molecule has 4 aliphatic rings. The van der Waals surface area contributed by atoms with E-state index in [1.54, 1.807) is 0 Å². The number of fused-ring (bicyclic) bond motifs is 5. The smallest absolute Gasteiger partial charge is 0.165 e. The highest BCUT2D eigenvalue weighted by Gasteiger charge is 2.70. The van der Waals surface area contributed by atoms with Crippen LogP contribution in [-0.4, -0.2) is 38.9 Å². The Balaban J connectivity index is 1.74. The Bertz CT molecular complexity index is 574. The summed E-state index contributed by atoms with van der Waals surface area (Å²) in [5.41, 5.74) is -1.83. The first-order valence-corrected chi connectivity index (χ1v) is 10.3. The number of carbonyl (C=O) groups is 1. The summed E-state index contributed by atoms with van der Waals surface area (Å²) in [6.45, 7) is 6.14. The molecule has 9 atom stereocenters. The van der Waals surface area contributed by atoms with E-state index in [0.717, 1.165) is 38.5 Å². The number of Topliss-reactive ketones (excluding diaryl/α,β-unsaturated/α-hetero) is 1. The highest BCUT2D eigenvalue weighted by atomic mass is 16.3. The van der Waals surface area contributed by atoms with Gasteiger partial charge in [-0.05, 0) is 81.0 Å². The summed E-state index contributed by atoms with van der Waals surface area (Å²) in [6, 6.07) is 0. The molecule has 4 aliphatic carbocycles. The Morgan fingerprint density at radius 3 is 2.44 bits per heavy atom. The molecule has 3 N–H and O–H groups in total. The Kier molecular flexibility index (Phi) is 3.97. The van der Waals surface area contributed by atoms with Crippen molar-refractivity contribution in [2.24, 2.45) is 34.5 Å². The van der Waals surface area contributed by atoms with Crippen molar-refractivity contribution < 1.29 is 20.1 Å². The molecular weight excluding hydrogens is 316 g/mol. The number of ketones is 1. The number of aliphatic hydroxyl groups is 3. The van der Waals surface area contributed by atoms with E-state index in [9.17, 15) is 20.1 Å². The molecule has 4 saturated carbocycles. The zero-order valence-electron chi connectivity index (χ0n) is 15.9. The molecule has 4 heteroatoms. The van der Waals surface area contributed by atoms with Crippen LogP contribution < -0.4 is 0 Å². The van der Waals surface area contributed by atoms with Gasteiger partial charge in [-0.15, -0.1) is 0 Å². The van der Waals surface area contributed by atoms with Crippen molar-refractivity contribution in [1.29, 1.82) is 0 Å². The van der Waals surface area contributed by atoms with Crippen LogP contribution in [0, 0.1) is 34.5 Å². The third kappa shape index (κ3) is 2.14. The van der Waals surface area contributed by atoms with Gasteiger partial charge >= 0.3 is 0 Å². The number of carbonyl (C=O) groups excluding carboxylic acids is 1. The normalized spacial score (nSPS) is 56.7. The SMILES string of the molecule is CC(O)[C@H]1CC[C@H]2[C@@H]3CCC4CC(O)CC[C@]4(C)[C@@]3(O)C(=O)C[C@]12C. The Hall–Kier alpha value is -0.450. The summed E-state index contributed by atoms with van der Waals surface area (Å²) in [5.74, 6) is 0.732. The third-order valence-electron chi connectivity index (χ3n) is 9.21. The van der Waals surface area contributed by atoms with Crippen LogP contribution in [0.5, 0.6) is 0 Å². The molecule has 142 valence electrons. The Morgan fingerprint density at radius 1 is 1.08 bits per heavy atom. The molecule has 3 unspecified atom stereocenters. The molecule has 0 radical (unpaired) electrons. The summed E-state index contributed by atoms with van der Waals surface area (Å²) in [6.07, 6.45) is 5.70. The van der Waals surface area contributed by atoms with E-state index in [1.165, 1.54) is 0 Å². The van der Waals surface area contributed by atoms with Crippen LogP contribution in [0.2, 0.25) is 0 Å². The maximum Gasteiger partial charge on any atom is 0.165 e. The molecule has 0 aromatic rings. The second-order valence-corrected chi connectivity index (χ2v) is 10.1. The molecule has 0 spiro atoms. The fourth-order valence-corrected chi connectivity index (χ4v) is 7.84. The molecule has 0 saturated heterocycles. The zero-order valence-corrected chi connectivity index (χ0v) is 15.9. The predicted octanol–water partition coefficient (Wildman–Crippen LogP) is 2.68. The summed E-state index contributed by atoms with van der Waals surface area (Å²) in [7, 11) is 0. The minimum atomic E-state index is -1.24. The fourth-order valence-electron chi connectivity index (χ4n) is 7.84. The lowest BCUT2D eigenvalue weighted by Gasteiger charge is -2.64. The van der Waals surface area contributed by atoms with Gasteiger partial charge in [-0.25, -0.2) is 0 Å². The molecule has 4 fully saturated rings. The fraction of sp³-hybridized carbons (Fsp3) is 0.952. The molecule has 4 nitrogen and oxygen atoms in total. The third-order valence-corrected chi connectivity index (χ3v) is 9.21. The highest BCUT2D eigenvalue weighted by molar-refractivity contribution is 5.90. The van der Waals surface area contributed by atoms with E-state index in [4.69, 9.17) is 0 Å². The van der Waals surface area contributed by atoms with Crippen molar-refractivity contribution in [2.45, 2.75) is 89.9 Å². The van der Waals surface area contributed by atoms with Gasteiger partial charge in [-0.1, -0.05) is 13.8 Å². The molecule has 0 aromatic heterocycles. The van der Waals surface area contributed by atoms with Gasteiger partial charge in [0.15, 0.2) is 5.78 Å². The molecule has 0 bridgehead atoms. The Labute approximate surface area is 151 Å². The van der Waals surface area contributed by atoms with Gasteiger partial charge in [0.05, 0.1) is 12.2 Å². The Morgan fingerprint density at radius 2 is 1.76 bits per heavy atom. The average molecular weight is 350 g/mol. The van der Waals surface area contributed by atoms with Crippen LogP contribution in [0.1, 0.15) is 72.1 Å². The first kappa shape index (κ1) is 17.9. The molecule has 0 aromatic carbocycles. The van der Waals surface area contributed by atoms with Crippen molar-refractivity contribution in [3.63, 3.8) is 0 Å². The van der Waals surface area contributed by atoms with E-state index in [0.29, 0.717) is 18.8 Å². The molecule has 0 aliphatic heterocycles. The molecular formula is C21H34O4. The van der Waals surface area contributed by atoms with Crippen LogP contribution >= 0.6 is 0 Å². The van der Waals surface area contributed by atoms with E-state index in [1.807, 2.05) is 6.92 Å². The predicted molar refractivity (Wildman–Crippen MR) is 94.8 cm³/mol. The van der Waals surface area contributed by atoms with E-state index in [-0.39, 0.29) is 35.1 Å². The van der Waals surface area contributed by atoms with E-state index in [2.05, 4.69) is 13.8 Å². The van der Waals surface area contributed by atoms with Gasteiger partial charge in [-0.2, -0.15) is 0 Å². The molecule has 0 heterocycles. The number of aliphatic hydroxyl groups excluding tert-OH is 2. The van der Waals surface area contributed by atoms with Crippen molar-refractivity contribution in [3.05, 3.63) is 0 Å². The number of rotatable bonds is 1. The lowest BCUT2D eigenvalue weighted by atomic mass is 9.42. The zero-order chi connectivity index (χ0) is 18.2. The first-order valence-electron chi connectivity index (χ1n) is 10.3. The van der Waals surface area contributed by atoms with Gasteiger partial charge in [0.2, 0.25) is 0 Å². The second-order valence-electron chi connectivity index (χ2n) is 10.1. The van der Waals surface area contributed by atoms with E-state index < -0.39 is 17.1 Å². The van der Waals surface area contributed by atoms with Gasteiger partial charge in [-0.3, -0.25) is 4.79 Å². The monoisotopic (exact) mass is 350 g/mol. The quantitative estimate of drug-likeness (QED) is 0.679. The van der Waals surface area contributed by atoms with Crippen molar-refractivity contribution in [1.82, 2.24) is 0 Å². The topological polar surface area (TPSA) is 77.8 Å². The van der Waals surface area contributed by atoms with Crippen LogP contribution in [0.15, 0.2) is 0 Å². The standard InChI is InChI=1S/C21H34O4/c1-12(22)15-6-7-16-17-5-4-13-10-14(23)8-9-20(13,3)21(17,25)18(24)11-19(15,16)2/h12-17,22-23,25H,4-11H2,1-3H3/t12?,13?,14?,15-,16+,17+,19-,20+,21+/m1/s1. The number of hydrogen-bond acceptors (Lipinski definition) is 4. The number of hydrogen-bond donors (Lipinski definition) is 3. The maximum absolute atomic E-state index is 13.4.